The molecule has 0 saturated carbocycles. The first-order chi connectivity index (χ1) is 9.60. The van der Waals surface area contributed by atoms with Crippen LogP contribution in [0, 0.1) is 0 Å². The quantitative estimate of drug-likeness (QED) is 0.799. The smallest absolute Gasteiger partial charge is 0.0292 e. The van der Waals surface area contributed by atoms with E-state index in [2.05, 4.69) is 69.3 Å². The standard InChI is InChI=1S/C18H23NS/c1-4-18(19)15-7-11-17(12-8-15)20-16-9-5-14(6-10-16)13(2)3/h5-13,18H,4,19H2,1-3H3/t18-/m0/s1. The van der Waals surface area contributed by atoms with Crippen molar-refractivity contribution in [1.29, 1.82) is 0 Å². The van der Waals surface area contributed by atoms with Crippen molar-refractivity contribution in [3.05, 3.63) is 59.7 Å². The van der Waals surface area contributed by atoms with Crippen LogP contribution in [-0.2, 0) is 0 Å². The Bertz CT molecular complexity index is 528. The van der Waals surface area contributed by atoms with Gasteiger partial charge in [-0.25, -0.2) is 0 Å². The summed E-state index contributed by atoms with van der Waals surface area (Å²) in [5.41, 5.74) is 8.64. The monoisotopic (exact) mass is 285 g/mol. The van der Waals surface area contributed by atoms with Crippen LogP contribution in [0.3, 0.4) is 0 Å². The largest absolute Gasteiger partial charge is 0.324 e. The lowest BCUT2D eigenvalue weighted by molar-refractivity contribution is 0.698. The molecule has 0 aliphatic rings. The van der Waals surface area contributed by atoms with Gasteiger partial charge in [-0.15, -0.1) is 0 Å². The first kappa shape index (κ1) is 15.1. The van der Waals surface area contributed by atoms with Crippen LogP contribution in [0.1, 0.15) is 50.3 Å². The Morgan fingerprint density at radius 2 is 1.30 bits per heavy atom. The van der Waals surface area contributed by atoms with Gasteiger partial charge in [-0.05, 0) is 47.7 Å². The summed E-state index contributed by atoms with van der Waals surface area (Å²) in [6.45, 7) is 6.55. The lowest BCUT2D eigenvalue weighted by Gasteiger charge is -2.10. The summed E-state index contributed by atoms with van der Waals surface area (Å²) in [7, 11) is 0. The lowest BCUT2D eigenvalue weighted by atomic mass is 10.0. The fourth-order valence-corrected chi connectivity index (χ4v) is 2.89. The number of nitrogens with two attached hydrogens (primary N) is 1. The van der Waals surface area contributed by atoms with Gasteiger partial charge in [0.15, 0.2) is 0 Å². The van der Waals surface area contributed by atoms with E-state index in [1.807, 2.05) is 0 Å². The van der Waals surface area contributed by atoms with Crippen molar-refractivity contribution in [2.24, 2.45) is 5.73 Å². The Hall–Kier alpha value is -1.25. The van der Waals surface area contributed by atoms with Crippen LogP contribution in [0.25, 0.3) is 0 Å². The predicted octanol–water partition coefficient (Wildman–Crippen LogP) is 5.37. The third kappa shape index (κ3) is 3.87. The summed E-state index contributed by atoms with van der Waals surface area (Å²) in [6.07, 6.45) is 0.975. The van der Waals surface area contributed by atoms with Gasteiger partial charge in [0.1, 0.15) is 0 Å². The molecule has 1 nitrogen and oxygen atoms in total. The lowest BCUT2D eigenvalue weighted by Crippen LogP contribution is -2.07. The van der Waals surface area contributed by atoms with Crippen LogP contribution in [-0.4, -0.2) is 0 Å². The van der Waals surface area contributed by atoms with Crippen LogP contribution in [0.4, 0.5) is 0 Å². The first-order valence-corrected chi connectivity index (χ1v) is 8.05. The average molecular weight is 285 g/mol. The normalized spacial score (nSPS) is 12.7. The van der Waals surface area contributed by atoms with Gasteiger partial charge < -0.3 is 5.73 Å². The van der Waals surface area contributed by atoms with E-state index in [9.17, 15) is 0 Å². The molecule has 0 bridgehead atoms. The van der Waals surface area contributed by atoms with E-state index in [4.69, 9.17) is 5.73 Å². The van der Waals surface area contributed by atoms with Crippen LogP contribution >= 0.6 is 11.8 Å². The molecule has 0 spiro atoms. The maximum atomic E-state index is 6.04. The van der Waals surface area contributed by atoms with Crippen molar-refractivity contribution in [3.8, 4) is 0 Å². The fourth-order valence-electron chi connectivity index (χ4n) is 2.08. The summed E-state index contributed by atoms with van der Waals surface area (Å²) < 4.78 is 0. The minimum absolute atomic E-state index is 0.152. The summed E-state index contributed by atoms with van der Waals surface area (Å²) >= 11 is 1.80. The molecule has 2 aromatic carbocycles. The van der Waals surface area contributed by atoms with Crippen molar-refractivity contribution in [2.75, 3.05) is 0 Å². The molecule has 0 aromatic heterocycles. The molecule has 0 unspecified atom stereocenters. The van der Waals surface area contributed by atoms with Crippen molar-refractivity contribution in [3.63, 3.8) is 0 Å². The van der Waals surface area contributed by atoms with E-state index in [0.29, 0.717) is 5.92 Å². The maximum Gasteiger partial charge on any atom is 0.0292 e. The number of hydrogen-bond acceptors (Lipinski definition) is 2. The molecule has 20 heavy (non-hydrogen) atoms. The van der Waals surface area contributed by atoms with Crippen molar-refractivity contribution >= 4 is 11.8 Å². The second-order valence-corrected chi connectivity index (χ2v) is 6.56. The van der Waals surface area contributed by atoms with Crippen molar-refractivity contribution in [1.82, 2.24) is 0 Å². The molecular weight excluding hydrogens is 262 g/mol. The summed E-state index contributed by atoms with van der Waals surface area (Å²) in [6, 6.07) is 17.6. The van der Waals surface area contributed by atoms with Gasteiger partial charge >= 0.3 is 0 Å². The third-order valence-electron chi connectivity index (χ3n) is 3.53. The summed E-state index contributed by atoms with van der Waals surface area (Å²) in [5.74, 6) is 0.587. The second kappa shape index (κ2) is 6.96. The van der Waals surface area contributed by atoms with Crippen molar-refractivity contribution < 1.29 is 0 Å². The molecular formula is C18H23NS. The summed E-state index contributed by atoms with van der Waals surface area (Å²) in [5, 5.41) is 0. The fraction of sp³-hybridized carbons (Fsp3) is 0.333. The molecule has 106 valence electrons. The molecule has 0 heterocycles. The molecule has 0 aliphatic heterocycles. The molecule has 2 heteroatoms. The molecule has 0 saturated heterocycles. The van der Waals surface area contributed by atoms with Gasteiger partial charge in [0.05, 0.1) is 0 Å². The van der Waals surface area contributed by atoms with E-state index in [1.165, 1.54) is 20.9 Å². The molecule has 0 fully saturated rings. The second-order valence-electron chi connectivity index (χ2n) is 5.41. The summed E-state index contributed by atoms with van der Waals surface area (Å²) in [4.78, 5) is 2.54. The topological polar surface area (TPSA) is 26.0 Å². The highest BCUT2D eigenvalue weighted by Crippen LogP contribution is 2.29. The molecule has 0 amide bonds. The van der Waals surface area contributed by atoms with E-state index >= 15 is 0 Å². The zero-order chi connectivity index (χ0) is 14.5. The number of rotatable bonds is 5. The van der Waals surface area contributed by atoms with Gasteiger partial charge in [-0.3, -0.25) is 0 Å². The van der Waals surface area contributed by atoms with E-state index < -0.39 is 0 Å². The average Bonchev–Trinajstić information content (AvgIpc) is 2.48. The van der Waals surface area contributed by atoms with Gasteiger partial charge in [-0.1, -0.05) is 56.8 Å². The Kier molecular flexibility index (Phi) is 5.27. The Labute approximate surface area is 126 Å². The van der Waals surface area contributed by atoms with Gasteiger partial charge in [0.25, 0.3) is 0 Å². The highest BCUT2D eigenvalue weighted by atomic mass is 32.2. The highest BCUT2D eigenvalue weighted by Gasteiger charge is 2.04. The highest BCUT2D eigenvalue weighted by molar-refractivity contribution is 7.99. The Morgan fingerprint density at radius 3 is 1.70 bits per heavy atom. The molecule has 2 rings (SSSR count). The SMILES string of the molecule is CC[C@H](N)c1ccc(Sc2ccc(C(C)C)cc2)cc1. The van der Waals surface area contributed by atoms with E-state index in [-0.39, 0.29) is 6.04 Å². The number of hydrogen-bond donors (Lipinski definition) is 1. The number of benzene rings is 2. The van der Waals surface area contributed by atoms with Gasteiger partial charge in [0.2, 0.25) is 0 Å². The molecule has 0 aliphatic carbocycles. The zero-order valence-electron chi connectivity index (χ0n) is 12.5. The minimum Gasteiger partial charge on any atom is -0.324 e. The van der Waals surface area contributed by atoms with E-state index in [0.717, 1.165) is 6.42 Å². The third-order valence-corrected chi connectivity index (χ3v) is 4.55. The zero-order valence-corrected chi connectivity index (χ0v) is 13.3. The van der Waals surface area contributed by atoms with Gasteiger partial charge in [0, 0.05) is 15.8 Å². The molecule has 2 N–H and O–H groups in total. The molecule has 1 atom stereocenters. The van der Waals surface area contributed by atoms with Crippen LogP contribution in [0.15, 0.2) is 58.3 Å². The van der Waals surface area contributed by atoms with E-state index in [1.54, 1.807) is 11.8 Å². The minimum atomic E-state index is 0.152. The predicted molar refractivity (Wildman–Crippen MR) is 88.3 cm³/mol. The van der Waals surface area contributed by atoms with Crippen LogP contribution < -0.4 is 5.73 Å². The Balaban J connectivity index is 2.06. The Morgan fingerprint density at radius 1 is 0.850 bits per heavy atom. The maximum absolute atomic E-state index is 6.04. The van der Waals surface area contributed by atoms with Crippen molar-refractivity contribution in [2.45, 2.75) is 48.9 Å². The molecule has 0 radical (unpaired) electrons. The molecule has 2 aromatic rings. The first-order valence-electron chi connectivity index (χ1n) is 7.23. The van der Waals surface area contributed by atoms with Crippen LogP contribution in [0.5, 0.6) is 0 Å². The van der Waals surface area contributed by atoms with Crippen LogP contribution in [0.2, 0.25) is 0 Å². The van der Waals surface area contributed by atoms with Gasteiger partial charge in [-0.2, -0.15) is 0 Å².